The standard InChI is InChI=1S/C21H18BrN3O3S/c1-27-18-10-15-17(11-19(18)28-2)23-12-24-21(15)25-29(3,26)20-9-5-6-13-14(20)7-4-8-16(13)22/h4-12H,1-3H3. The lowest BCUT2D eigenvalue weighted by molar-refractivity contribution is 0.356. The van der Waals surface area contributed by atoms with Crippen LogP contribution < -0.4 is 9.47 Å². The van der Waals surface area contributed by atoms with Gasteiger partial charge in [0.15, 0.2) is 17.3 Å². The van der Waals surface area contributed by atoms with Crippen LogP contribution in [0, 0.1) is 0 Å². The van der Waals surface area contributed by atoms with Crippen molar-refractivity contribution in [2.24, 2.45) is 4.36 Å². The summed E-state index contributed by atoms with van der Waals surface area (Å²) in [5.41, 5.74) is 0.632. The van der Waals surface area contributed by atoms with E-state index in [9.17, 15) is 4.21 Å². The van der Waals surface area contributed by atoms with Crippen molar-refractivity contribution in [1.29, 1.82) is 0 Å². The topological polar surface area (TPSA) is 73.7 Å². The van der Waals surface area contributed by atoms with E-state index in [1.54, 1.807) is 32.6 Å². The molecule has 8 heteroatoms. The Labute approximate surface area is 177 Å². The minimum absolute atomic E-state index is 0.343. The fraction of sp³-hybridized carbons (Fsp3) is 0.143. The van der Waals surface area contributed by atoms with Gasteiger partial charge in [-0.15, -0.1) is 0 Å². The van der Waals surface area contributed by atoms with Crippen LogP contribution >= 0.6 is 15.9 Å². The van der Waals surface area contributed by atoms with Crippen LogP contribution in [-0.4, -0.2) is 34.7 Å². The SMILES string of the molecule is COc1cc2ncnc(N=S(C)(=O)c3cccc4c(Br)cccc34)c2cc1OC. The number of methoxy groups -OCH3 is 2. The molecule has 0 saturated heterocycles. The fourth-order valence-electron chi connectivity index (χ4n) is 3.23. The van der Waals surface area contributed by atoms with Gasteiger partial charge in [0, 0.05) is 22.2 Å². The molecule has 148 valence electrons. The largest absolute Gasteiger partial charge is 0.493 e. The number of rotatable bonds is 4. The molecule has 0 spiro atoms. The molecule has 0 fully saturated rings. The van der Waals surface area contributed by atoms with Gasteiger partial charge in [0.2, 0.25) is 0 Å². The Hall–Kier alpha value is -2.71. The van der Waals surface area contributed by atoms with Crippen molar-refractivity contribution in [2.45, 2.75) is 4.90 Å². The van der Waals surface area contributed by atoms with Gasteiger partial charge >= 0.3 is 0 Å². The van der Waals surface area contributed by atoms with Gasteiger partial charge in [0.05, 0.1) is 34.4 Å². The van der Waals surface area contributed by atoms with Crippen molar-refractivity contribution < 1.29 is 13.7 Å². The molecule has 1 aromatic heterocycles. The number of benzene rings is 3. The molecule has 29 heavy (non-hydrogen) atoms. The smallest absolute Gasteiger partial charge is 0.173 e. The first-order valence-corrected chi connectivity index (χ1v) is 11.4. The molecule has 6 nitrogen and oxygen atoms in total. The summed E-state index contributed by atoms with van der Waals surface area (Å²) in [6, 6.07) is 15.0. The second kappa shape index (κ2) is 7.61. The van der Waals surface area contributed by atoms with Crippen molar-refractivity contribution in [3.63, 3.8) is 0 Å². The summed E-state index contributed by atoms with van der Waals surface area (Å²) in [6.07, 6.45) is 3.03. The molecule has 1 unspecified atom stereocenters. The van der Waals surface area contributed by atoms with Gasteiger partial charge in [0.25, 0.3) is 0 Å². The predicted molar refractivity (Wildman–Crippen MR) is 119 cm³/mol. The number of aromatic nitrogens is 2. The Morgan fingerprint density at radius 1 is 0.931 bits per heavy atom. The Kier molecular flexibility index (Phi) is 5.14. The lowest BCUT2D eigenvalue weighted by Gasteiger charge is -2.11. The van der Waals surface area contributed by atoms with E-state index in [0.717, 1.165) is 15.2 Å². The first kappa shape index (κ1) is 19.6. The first-order chi connectivity index (χ1) is 13.9. The normalized spacial score (nSPS) is 13.2. The lowest BCUT2D eigenvalue weighted by Crippen LogP contribution is -1.99. The summed E-state index contributed by atoms with van der Waals surface area (Å²) >= 11 is 3.56. The summed E-state index contributed by atoms with van der Waals surface area (Å²) in [4.78, 5) is 9.22. The predicted octanol–water partition coefficient (Wildman–Crippen LogP) is 5.35. The highest BCUT2D eigenvalue weighted by Crippen LogP contribution is 2.36. The van der Waals surface area contributed by atoms with Gasteiger partial charge in [-0.05, 0) is 29.0 Å². The molecular formula is C21H18BrN3O3S. The Bertz CT molecular complexity index is 1360. The average molecular weight is 472 g/mol. The van der Waals surface area contributed by atoms with Gasteiger partial charge in [-0.25, -0.2) is 14.2 Å². The van der Waals surface area contributed by atoms with Crippen molar-refractivity contribution in [3.05, 3.63) is 59.3 Å². The molecule has 3 aromatic carbocycles. The van der Waals surface area contributed by atoms with Crippen molar-refractivity contribution >= 4 is 53.2 Å². The highest BCUT2D eigenvalue weighted by atomic mass is 79.9. The highest BCUT2D eigenvalue weighted by molar-refractivity contribution is 9.10. The fourth-order valence-corrected chi connectivity index (χ4v) is 5.22. The maximum absolute atomic E-state index is 13.7. The third kappa shape index (κ3) is 3.54. The molecule has 0 saturated carbocycles. The highest BCUT2D eigenvalue weighted by Gasteiger charge is 2.15. The number of halogens is 1. The van der Waals surface area contributed by atoms with Crippen LogP contribution in [0.5, 0.6) is 11.5 Å². The number of nitrogens with zero attached hydrogens (tertiary/aromatic N) is 3. The number of fused-ring (bicyclic) bond motifs is 2. The lowest BCUT2D eigenvalue weighted by atomic mass is 10.1. The van der Waals surface area contributed by atoms with E-state index in [0.29, 0.717) is 33.1 Å². The summed E-state index contributed by atoms with van der Waals surface area (Å²) < 4.78 is 29.9. The summed E-state index contributed by atoms with van der Waals surface area (Å²) in [5.74, 6) is 1.43. The molecule has 0 N–H and O–H groups in total. The second-order valence-electron chi connectivity index (χ2n) is 6.41. The van der Waals surface area contributed by atoms with E-state index in [2.05, 4.69) is 30.3 Å². The van der Waals surface area contributed by atoms with E-state index in [4.69, 9.17) is 9.47 Å². The zero-order valence-corrected chi connectivity index (χ0v) is 18.5. The van der Waals surface area contributed by atoms with Crippen LogP contribution in [-0.2, 0) is 9.73 Å². The van der Waals surface area contributed by atoms with Gasteiger partial charge in [-0.3, -0.25) is 0 Å². The summed E-state index contributed by atoms with van der Waals surface area (Å²) in [6.45, 7) is 0. The van der Waals surface area contributed by atoms with Crippen LogP contribution in [0.3, 0.4) is 0 Å². The molecule has 0 amide bonds. The Morgan fingerprint density at radius 3 is 2.38 bits per heavy atom. The molecule has 0 aliphatic rings. The molecule has 4 rings (SSSR count). The van der Waals surface area contributed by atoms with E-state index in [-0.39, 0.29) is 0 Å². The van der Waals surface area contributed by atoms with E-state index in [1.165, 1.54) is 6.33 Å². The van der Waals surface area contributed by atoms with Crippen LogP contribution in [0.1, 0.15) is 0 Å². The molecule has 0 aliphatic heterocycles. The van der Waals surface area contributed by atoms with Gasteiger partial charge in [-0.1, -0.05) is 40.2 Å². The van der Waals surface area contributed by atoms with Crippen LogP contribution in [0.2, 0.25) is 0 Å². The van der Waals surface area contributed by atoms with Crippen molar-refractivity contribution in [1.82, 2.24) is 9.97 Å². The van der Waals surface area contributed by atoms with Crippen LogP contribution in [0.4, 0.5) is 5.82 Å². The zero-order chi connectivity index (χ0) is 20.6. The van der Waals surface area contributed by atoms with Crippen molar-refractivity contribution in [3.8, 4) is 11.5 Å². The maximum atomic E-state index is 13.7. The quantitative estimate of drug-likeness (QED) is 0.400. The number of hydrogen-bond donors (Lipinski definition) is 0. The van der Waals surface area contributed by atoms with Gasteiger partial charge in [-0.2, -0.15) is 4.36 Å². The molecule has 4 aromatic rings. The maximum Gasteiger partial charge on any atom is 0.173 e. The molecule has 0 radical (unpaired) electrons. The number of hydrogen-bond acceptors (Lipinski definition) is 6. The molecule has 0 aliphatic carbocycles. The zero-order valence-electron chi connectivity index (χ0n) is 16.0. The van der Waals surface area contributed by atoms with E-state index in [1.807, 2.05) is 36.4 Å². The Balaban J connectivity index is 1.98. The molecule has 1 heterocycles. The minimum atomic E-state index is -2.79. The van der Waals surface area contributed by atoms with Crippen LogP contribution in [0.15, 0.2) is 68.6 Å². The van der Waals surface area contributed by atoms with E-state index < -0.39 is 9.73 Å². The molecular weight excluding hydrogens is 454 g/mol. The third-order valence-electron chi connectivity index (χ3n) is 4.62. The van der Waals surface area contributed by atoms with Crippen molar-refractivity contribution in [2.75, 3.05) is 20.5 Å². The van der Waals surface area contributed by atoms with Crippen LogP contribution in [0.25, 0.3) is 21.7 Å². The molecule has 0 bridgehead atoms. The second-order valence-corrected chi connectivity index (χ2v) is 9.49. The monoisotopic (exact) mass is 471 g/mol. The minimum Gasteiger partial charge on any atom is -0.493 e. The third-order valence-corrected chi connectivity index (χ3v) is 7.00. The van der Waals surface area contributed by atoms with Gasteiger partial charge < -0.3 is 9.47 Å². The summed E-state index contributed by atoms with van der Waals surface area (Å²) in [7, 11) is 0.328. The molecule has 1 atom stereocenters. The Morgan fingerprint density at radius 2 is 1.62 bits per heavy atom. The first-order valence-electron chi connectivity index (χ1n) is 8.71. The average Bonchev–Trinajstić information content (AvgIpc) is 2.72. The van der Waals surface area contributed by atoms with E-state index >= 15 is 0 Å². The summed E-state index contributed by atoms with van der Waals surface area (Å²) in [5, 5.41) is 2.51. The number of ether oxygens (including phenoxy) is 2. The van der Waals surface area contributed by atoms with Gasteiger partial charge in [0.1, 0.15) is 6.33 Å².